The molecule has 170 valence electrons. The van der Waals surface area contributed by atoms with Crippen LogP contribution in [0.2, 0.25) is 0 Å². The number of hydrogen-bond acceptors (Lipinski definition) is 5. The van der Waals surface area contributed by atoms with E-state index < -0.39 is 35.8 Å². The van der Waals surface area contributed by atoms with E-state index in [1.807, 2.05) is 0 Å². The maximum absolute atomic E-state index is 14.1. The lowest BCUT2D eigenvalue weighted by Gasteiger charge is -2.30. The maximum Gasteiger partial charge on any atom is 0.422 e. The summed E-state index contributed by atoms with van der Waals surface area (Å²) in [7, 11) is 1.20. The highest BCUT2D eigenvalue weighted by Gasteiger charge is 2.53. The third-order valence-corrected chi connectivity index (χ3v) is 5.06. The zero-order valence-corrected chi connectivity index (χ0v) is 17.4. The molecular weight excluding hydrogens is 433 g/mol. The van der Waals surface area contributed by atoms with Crippen LogP contribution in [0.1, 0.15) is 30.7 Å². The Morgan fingerprint density at radius 3 is 2.53 bits per heavy atom. The number of rotatable bonds is 6. The molecule has 3 aromatic rings. The summed E-state index contributed by atoms with van der Waals surface area (Å²) in [4.78, 5) is 11.7. The minimum Gasteiger partial charge on any atom is -0.493 e. The number of aryl methyl sites for hydroxylation is 1. The van der Waals surface area contributed by atoms with Crippen LogP contribution in [-0.4, -0.2) is 40.2 Å². The predicted octanol–water partition coefficient (Wildman–Crippen LogP) is 5.41. The van der Waals surface area contributed by atoms with E-state index in [2.05, 4.69) is 15.0 Å². The summed E-state index contributed by atoms with van der Waals surface area (Å²) in [5.41, 5.74) is -3.32. The van der Waals surface area contributed by atoms with Gasteiger partial charge in [0.25, 0.3) is 0 Å². The summed E-state index contributed by atoms with van der Waals surface area (Å²) in [6.45, 7) is 2.95. The Balaban J connectivity index is 2.01. The number of ether oxygens (including phenoxy) is 1. The fraction of sp³-hybridized carbons (Fsp3) is 0.318. The van der Waals surface area contributed by atoms with Crippen LogP contribution in [0.3, 0.4) is 0 Å². The summed E-state index contributed by atoms with van der Waals surface area (Å²) >= 11 is 0. The molecule has 0 bridgehead atoms. The molecule has 5 nitrogen and oxygen atoms in total. The molecule has 0 saturated heterocycles. The van der Waals surface area contributed by atoms with Gasteiger partial charge in [0, 0.05) is 23.4 Å². The molecule has 1 N–H and O–H groups in total. The van der Waals surface area contributed by atoms with E-state index in [0.29, 0.717) is 6.21 Å². The Morgan fingerprint density at radius 2 is 1.88 bits per heavy atom. The number of aromatic nitrogens is 2. The largest absolute Gasteiger partial charge is 0.493 e. The van der Waals surface area contributed by atoms with Gasteiger partial charge in [0.05, 0.1) is 12.8 Å². The minimum atomic E-state index is -5.09. The van der Waals surface area contributed by atoms with Crippen molar-refractivity contribution in [2.75, 3.05) is 7.11 Å². The molecule has 2 aromatic carbocycles. The first-order chi connectivity index (χ1) is 15.0. The molecule has 0 aliphatic heterocycles. The molecule has 2 atom stereocenters. The van der Waals surface area contributed by atoms with Gasteiger partial charge in [0.2, 0.25) is 0 Å². The number of methoxy groups -OCH3 is 1. The van der Waals surface area contributed by atoms with Crippen LogP contribution in [0.5, 0.6) is 5.75 Å². The number of nitrogens with zero attached hydrogens (tertiary/aromatic N) is 3. The zero-order valence-electron chi connectivity index (χ0n) is 17.4. The average molecular weight is 453 g/mol. The van der Waals surface area contributed by atoms with E-state index in [1.165, 1.54) is 38.4 Å². The van der Waals surface area contributed by atoms with Crippen molar-refractivity contribution in [3.8, 4) is 5.75 Å². The highest BCUT2D eigenvalue weighted by Crippen LogP contribution is 2.40. The van der Waals surface area contributed by atoms with Crippen molar-refractivity contribution in [3.05, 3.63) is 59.6 Å². The number of fused-ring (bicyclic) bond motifs is 1. The monoisotopic (exact) mass is 453 g/mol. The summed E-state index contributed by atoms with van der Waals surface area (Å²) in [6.07, 6.45) is -4.33. The quantitative estimate of drug-likeness (QED) is 0.400. The van der Waals surface area contributed by atoms with Crippen molar-refractivity contribution in [1.82, 2.24) is 9.97 Å². The van der Waals surface area contributed by atoms with Crippen molar-refractivity contribution in [2.24, 2.45) is 4.99 Å². The fourth-order valence-electron chi connectivity index (χ4n) is 3.40. The molecule has 1 aromatic heterocycles. The summed E-state index contributed by atoms with van der Waals surface area (Å²) in [5, 5.41) is 10.6. The molecule has 0 aliphatic rings. The Labute approximate surface area is 180 Å². The van der Waals surface area contributed by atoms with Crippen LogP contribution in [0.25, 0.3) is 10.9 Å². The van der Waals surface area contributed by atoms with Gasteiger partial charge in [-0.15, -0.1) is 0 Å². The number of alkyl halides is 3. The first-order valence-electron chi connectivity index (χ1n) is 9.55. The molecule has 3 rings (SSSR count). The molecule has 0 aliphatic carbocycles. The molecule has 2 unspecified atom stereocenters. The lowest BCUT2D eigenvalue weighted by Crippen LogP contribution is -2.47. The third-order valence-electron chi connectivity index (χ3n) is 5.06. The number of para-hydroxylation sites is 1. The van der Waals surface area contributed by atoms with Crippen molar-refractivity contribution < 1.29 is 31.8 Å². The third kappa shape index (κ3) is 4.55. The maximum atomic E-state index is 14.1. The van der Waals surface area contributed by atoms with Gasteiger partial charge < -0.3 is 9.84 Å². The van der Waals surface area contributed by atoms with Gasteiger partial charge in [-0.1, -0.05) is 19.1 Å². The van der Waals surface area contributed by atoms with E-state index in [4.69, 9.17) is 4.74 Å². The van der Waals surface area contributed by atoms with Gasteiger partial charge >= 0.3 is 6.18 Å². The van der Waals surface area contributed by atoms with Crippen LogP contribution >= 0.6 is 0 Å². The normalized spacial score (nSPS) is 15.2. The van der Waals surface area contributed by atoms with Crippen molar-refractivity contribution in [2.45, 2.75) is 38.0 Å². The van der Waals surface area contributed by atoms with Gasteiger partial charge in [-0.3, -0.25) is 4.99 Å². The first kappa shape index (κ1) is 23.5. The summed E-state index contributed by atoms with van der Waals surface area (Å²) < 4.78 is 74.5. The number of halogens is 5. The Kier molecular flexibility index (Phi) is 6.45. The van der Waals surface area contributed by atoms with E-state index >= 15 is 0 Å². The lowest BCUT2D eigenvalue weighted by atomic mass is 9.86. The standard InChI is InChI=1S/C22H20F5N3O2/c1-12(14-5-4-6-17(24)20(14)32-3)9-21(31,22(25,26)27)11-29-18-8-7-16(23)19-15(18)10-28-13(2)30-19/h4-8,10-12,31H,9H2,1-3H3/b29-11-. The van der Waals surface area contributed by atoms with Crippen LogP contribution in [0, 0.1) is 18.6 Å². The minimum absolute atomic E-state index is 0.0416. The van der Waals surface area contributed by atoms with Crippen LogP contribution in [-0.2, 0) is 0 Å². The van der Waals surface area contributed by atoms with Crippen molar-refractivity contribution in [3.63, 3.8) is 0 Å². The van der Waals surface area contributed by atoms with Crippen molar-refractivity contribution >= 4 is 22.8 Å². The Morgan fingerprint density at radius 1 is 1.16 bits per heavy atom. The molecule has 32 heavy (non-hydrogen) atoms. The highest BCUT2D eigenvalue weighted by molar-refractivity contribution is 5.91. The molecule has 0 saturated carbocycles. The molecule has 0 fully saturated rings. The first-order valence-corrected chi connectivity index (χ1v) is 9.55. The number of hydrogen-bond donors (Lipinski definition) is 1. The SMILES string of the molecule is COc1c(F)cccc1C(C)CC(O)(/C=N\c1ccc(F)c2nc(C)ncc12)C(F)(F)F. The van der Waals surface area contributed by atoms with Gasteiger partial charge in [0.1, 0.15) is 17.2 Å². The lowest BCUT2D eigenvalue weighted by molar-refractivity contribution is -0.231. The second-order valence-electron chi connectivity index (χ2n) is 7.39. The van der Waals surface area contributed by atoms with E-state index in [1.54, 1.807) is 6.92 Å². The van der Waals surface area contributed by atoms with Gasteiger partial charge in [-0.2, -0.15) is 13.2 Å². The number of aliphatic hydroxyl groups is 1. The molecule has 0 amide bonds. The second-order valence-corrected chi connectivity index (χ2v) is 7.39. The summed E-state index contributed by atoms with van der Waals surface area (Å²) in [6, 6.07) is 6.08. The smallest absolute Gasteiger partial charge is 0.422 e. The van der Waals surface area contributed by atoms with Gasteiger partial charge in [0.15, 0.2) is 17.2 Å². The van der Waals surface area contributed by atoms with Crippen LogP contribution in [0.15, 0.2) is 41.5 Å². The Hall–Kier alpha value is -3.14. The predicted molar refractivity (Wildman–Crippen MR) is 109 cm³/mol. The van der Waals surface area contributed by atoms with Crippen LogP contribution < -0.4 is 4.74 Å². The van der Waals surface area contributed by atoms with E-state index in [-0.39, 0.29) is 33.7 Å². The molecule has 0 spiro atoms. The van der Waals surface area contributed by atoms with E-state index in [0.717, 1.165) is 12.1 Å². The molecule has 10 heteroatoms. The number of aliphatic imine (C=N–C) groups is 1. The summed E-state index contributed by atoms with van der Waals surface area (Å²) in [5.74, 6) is -2.27. The number of benzene rings is 2. The van der Waals surface area contributed by atoms with Crippen molar-refractivity contribution in [1.29, 1.82) is 0 Å². The Bertz CT molecular complexity index is 1170. The topological polar surface area (TPSA) is 67.6 Å². The van der Waals surface area contributed by atoms with E-state index in [9.17, 15) is 27.1 Å². The van der Waals surface area contributed by atoms with Gasteiger partial charge in [-0.25, -0.2) is 18.7 Å². The molecule has 0 radical (unpaired) electrons. The second kappa shape index (κ2) is 8.78. The van der Waals surface area contributed by atoms with Gasteiger partial charge in [-0.05, 0) is 37.5 Å². The van der Waals surface area contributed by atoms with Crippen LogP contribution in [0.4, 0.5) is 27.6 Å². The fourth-order valence-corrected chi connectivity index (χ4v) is 3.40. The molecule has 1 heterocycles. The zero-order chi connectivity index (χ0) is 23.7. The highest BCUT2D eigenvalue weighted by atomic mass is 19.4. The molecular formula is C22H20F5N3O2. The average Bonchev–Trinajstić information content (AvgIpc) is 2.72.